The zero-order chi connectivity index (χ0) is 18.0. The van der Waals surface area contributed by atoms with Crippen molar-refractivity contribution in [3.8, 4) is 0 Å². The molecule has 2 atom stereocenters. The summed E-state index contributed by atoms with van der Waals surface area (Å²) in [5, 5.41) is 5.42. The highest BCUT2D eigenvalue weighted by atomic mass is 16.4. The normalized spacial score (nSPS) is 20.0. The zero-order valence-corrected chi connectivity index (χ0v) is 14.6. The number of amides is 3. The second-order valence-electron chi connectivity index (χ2n) is 6.26. The van der Waals surface area contributed by atoms with Gasteiger partial charge >= 0.3 is 6.03 Å². The molecule has 0 aliphatic carbocycles. The summed E-state index contributed by atoms with van der Waals surface area (Å²) >= 11 is 0. The summed E-state index contributed by atoms with van der Waals surface area (Å²) in [4.78, 5) is 30.7. The van der Waals surface area contributed by atoms with E-state index >= 15 is 0 Å². The molecule has 0 unspecified atom stereocenters. The van der Waals surface area contributed by atoms with Gasteiger partial charge in [-0.3, -0.25) is 4.79 Å². The number of aryl methyl sites for hydroxylation is 2. The topological polar surface area (TPSA) is 87.5 Å². The first-order chi connectivity index (χ1) is 12.0. The number of carbonyl (C=O) groups excluding carboxylic acids is 2. The fourth-order valence-electron chi connectivity index (χ4n) is 3.00. The van der Waals surface area contributed by atoms with Crippen molar-refractivity contribution in [2.24, 2.45) is 0 Å². The third-order valence-electron chi connectivity index (χ3n) is 4.37. The molecule has 2 N–H and O–H groups in total. The van der Waals surface area contributed by atoms with Crippen LogP contribution in [0.5, 0.6) is 0 Å². The molecule has 0 saturated carbocycles. The molecule has 2 heterocycles. The number of anilines is 1. The van der Waals surface area contributed by atoms with Crippen molar-refractivity contribution < 1.29 is 14.0 Å². The van der Waals surface area contributed by atoms with Crippen molar-refractivity contribution >= 4 is 17.6 Å². The number of aromatic nitrogens is 1. The Hall–Kier alpha value is -2.83. The van der Waals surface area contributed by atoms with Crippen LogP contribution in [-0.4, -0.2) is 29.0 Å². The molecule has 3 rings (SSSR count). The standard InChI is InChI=1S/C18H22N4O3/c1-11-9-15(17(23)22(11)14-7-5-4-6-8-14)21-18(24)19-10-16-20-12(2)13(3)25-16/h4-8,11,15H,9-10H2,1-3H3,(H2,19,21,24)/t11-,15+/m1/s1. The Labute approximate surface area is 146 Å². The molecule has 0 radical (unpaired) electrons. The number of carbonyl (C=O) groups is 2. The first-order valence-electron chi connectivity index (χ1n) is 8.31. The summed E-state index contributed by atoms with van der Waals surface area (Å²) in [7, 11) is 0. The molecule has 7 nitrogen and oxygen atoms in total. The number of nitrogens with one attached hydrogen (secondary N) is 2. The van der Waals surface area contributed by atoms with Crippen molar-refractivity contribution in [1.29, 1.82) is 0 Å². The average Bonchev–Trinajstić information content (AvgIpc) is 3.05. The molecule has 1 aliphatic rings. The smallest absolute Gasteiger partial charge is 0.315 e. The Morgan fingerprint density at radius 2 is 2.04 bits per heavy atom. The first kappa shape index (κ1) is 17.0. The summed E-state index contributed by atoms with van der Waals surface area (Å²) in [6.45, 7) is 5.82. The minimum atomic E-state index is -0.539. The van der Waals surface area contributed by atoms with Crippen LogP contribution in [0.25, 0.3) is 0 Å². The van der Waals surface area contributed by atoms with Gasteiger partial charge in [0.1, 0.15) is 11.8 Å². The Morgan fingerprint density at radius 1 is 1.32 bits per heavy atom. The van der Waals surface area contributed by atoms with Crippen LogP contribution in [0.15, 0.2) is 34.7 Å². The molecule has 1 aromatic carbocycles. The lowest BCUT2D eigenvalue weighted by Crippen LogP contribution is -2.46. The van der Waals surface area contributed by atoms with Crippen LogP contribution in [0, 0.1) is 13.8 Å². The molecule has 1 saturated heterocycles. The van der Waals surface area contributed by atoms with Gasteiger partial charge in [0.15, 0.2) is 0 Å². The van der Waals surface area contributed by atoms with Gasteiger partial charge in [-0.25, -0.2) is 9.78 Å². The minimum absolute atomic E-state index is 0.0252. The second-order valence-corrected chi connectivity index (χ2v) is 6.26. The fraction of sp³-hybridized carbons (Fsp3) is 0.389. The van der Waals surface area contributed by atoms with Gasteiger partial charge in [-0.1, -0.05) is 18.2 Å². The van der Waals surface area contributed by atoms with Crippen LogP contribution in [0.4, 0.5) is 10.5 Å². The van der Waals surface area contributed by atoms with E-state index < -0.39 is 12.1 Å². The van der Waals surface area contributed by atoms with Gasteiger partial charge in [-0.2, -0.15) is 0 Å². The highest BCUT2D eigenvalue weighted by molar-refractivity contribution is 6.01. The lowest BCUT2D eigenvalue weighted by atomic mass is 10.2. The molecule has 1 fully saturated rings. The van der Waals surface area contributed by atoms with Crippen LogP contribution in [0.3, 0.4) is 0 Å². The summed E-state index contributed by atoms with van der Waals surface area (Å²) in [5.74, 6) is 1.08. The number of benzene rings is 1. The first-order valence-corrected chi connectivity index (χ1v) is 8.31. The van der Waals surface area contributed by atoms with Crippen LogP contribution in [0.1, 0.15) is 30.7 Å². The molecule has 0 spiro atoms. The van der Waals surface area contributed by atoms with Gasteiger partial charge < -0.3 is 20.0 Å². The van der Waals surface area contributed by atoms with Crippen molar-refractivity contribution in [2.75, 3.05) is 4.90 Å². The van der Waals surface area contributed by atoms with Crippen molar-refractivity contribution in [2.45, 2.75) is 45.8 Å². The fourth-order valence-corrected chi connectivity index (χ4v) is 3.00. The predicted molar refractivity (Wildman–Crippen MR) is 93.1 cm³/mol. The molecule has 7 heteroatoms. The Morgan fingerprint density at radius 3 is 2.68 bits per heavy atom. The van der Waals surface area contributed by atoms with E-state index in [-0.39, 0.29) is 18.5 Å². The largest absolute Gasteiger partial charge is 0.444 e. The van der Waals surface area contributed by atoms with Gasteiger partial charge in [-0.15, -0.1) is 0 Å². The molecule has 2 aromatic rings. The minimum Gasteiger partial charge on any atom is -0.444 e. The molecule has 1 aromatic heterocycles. The number of rotatable bonds is 4. The quantitative estimate of drug-likeness (QED) is 0.892. The van der Waals surface area contributed by atoms with Crippen LogP contribution in [0.2, 0.25) is 0 Å². The molecular weight excluding hydrogens is 320 g/mol. The number of para-hydroxylation sites is 1. The molecule has 0 bridgehead atoms. The van der Waals surface area contributed by atoms with E-state index in [4.69, 9.17) is 4.42 Å². The van der Waals surface area contributed by atoms with E-state index in [0.717, 1.165) is 17.1 Å². The number of urea groups is 1. The zero-order valence-electron chi connectivity index (χ0n) is 14.6. The maximum Gasteiger partial charge on any atom is 0.315 e. The molecular formula is C18H22N4O3. The number of hydrogen-bond acceptors (Lipinski definition) is 4. The van der Waals surface area contributed by atoms with Crippen molar-refractivity contribution in [3.05, 3.63) is 47.7 Å². The summed E-state index contributed by atoms with van der Waals surface area (Å²) in [6, 6.07) is 8.55. The van der Waals surface area contributed by atoms with Gasteiger partial charge in [0.2, 0.25) is 11.8 Å². The highest BCUT2D eigenvalue weighted by Gasteiger charge is 2.38. The van der Waals surface area contributed by atoms with Gasteiger partial charge in [0.25, 0.3) is 0 Å². The van der Waals surface area contributed by atoms with E-state index in [1.165, 1.54) is 0 Å². The van der Waals surface area contributed by atoms with Gasteiger partial charge in [-0.05, 0) is 39.3 Å². The third-order valence-corrected chi connectivity index (χ3v) is 4.37. The average molecular weight is 342 g/mol. The van der Waals surface area contributed by atoms with Gasteiger partial charge in [0, 0.05) is 11.7 Å². The number of nitrogens with zero attached hydrogens (tertiary/aromatic N) is 2. The van der Waals surface area contributed by atoms with Crippen molar-refractivity contribution in [3.63, 3.8) is 0 Å². The third kappa shape index (κ3) is 3.65. The Balaban J connectivity index is 1.57. The summed E-state index contributed by atoms with van der Waals surface area (Å²) in [6.07, 6.45) is 0.568. The van der Waals surface area contributed by atoms with E-state index in [1.54, 1.807) is 4.90 Å². The van der Waals surface area contributed by atoms with E-state index in [0.29, 0.717) is 12.3 Å². The predicted octanol–water partition coefficient (Wildman–Crippen LogP) is 2.28. The Kier molecular flexibility index (Phi) is 4.74. The van der Waals surface area contributed by atoms with E-state index in [2.05, 4.69) is 15.6 Å². The molecule has 3 amide bonds. The Bertz CT molecular complexity index is 752. The highest BCUT2D eigenvalue weighted by Crippen LogP contribution is 2.26. The van der Waals surface area contributed by atoms with Crippen molar-refractivity contribution in [1.82, 2.24) is 15.6 Å². The lowest BCUT2D eigenvalue weighted by Gasteiger charge is -2.21. The van der Waals surface area contributed by atoms with Crippen LogP contribution < -0.4 is 15.5 Å². The maximum absolute atomic E-state index is 12.6. The molecule has 1 aliphatic heterocycles. The summed E-state index contributed by atoms with van der Waals surface area (Å²) < 4.78 is 5.42. The maximum atomic E-state index is 12.6. The SMILES string of the molecule is Cc1nc(CNC(=O)N[C@H]2C[C@@H](C)N(c3ccccc3)C2=O)oc1C. The second kappa shape index (κ2) is 6.96. The number of oxazole rings is 1. The lowest BCUT2D eigenvalue weighted by molar-refractivity contribution is -0.118. The van der Waals surface area contributed by atoms with E-state index in [1.807, 2.05) is 51.1 Å². The monoisotopic (exact) mass is 342 g/mol. The van der Waals surface area contributed by atoms with Crippen LogP contribution >= 0.6 is 0 Å². The van der Waals surface area contributed by atoms with Crippen LogP contribution in [-0.2, 0) is 11.3 Å². The number of hydrogen-bond donors (Lipinski definition) is 2. The summed E-state index contributed by atoms with van der Waals surface area (Å²) in [5.41, 5.74) is 1.64. The molecule has 25 heavy (non-hydrogen) atoms. The molecule has 132 valence electrons. The van der Waals surface area contributed by atoms with E-state index in [9.17, 15) is 9.59 Å². The van der Waals surface area contributed by atoms with Gasteiger partial charge in [0.05, 0.1) is 12.2 Å².